The quantitative estimate of drug-likeness (QED) is 0.552. The molecule has 1 aliphatic heterocycles. The molecule has 4 N–H and O–H groups in total. The van der Waals surface area contributed by atoms with Crippen LogP contribution in [0.15, 0.2) is 6.07 Å². The van der Waals surface area contributed by atoms with Crippen molar-refractivity contribution < 1.29 is 33.3 Å². The monoisotopic (exact) mass is 508 g/mol. The van der Waals surface area contributed by atoms with E-state index in [-0.39, 0.29) is 47.0 Å². The van der Waals surface area contributed by atoms with Crippen LogP contribution in [-0.4, -0.2) is 68.0 Å². The molecule has 0 unspecified atom stereocenters. The molecule has 0 atom stereocenters. The van der Waals surface area contributed by atoms with Gasteiger partial charge < -0.3 is 35.3 Å². The molecule has 3 amide bonds. The number of benzene rings is 1. The lowest BCUT2D eigenvalue weighted by Gasteiger charge is -2.36. The Labute approximate surface area is 212 Å². The Morgan fingerprint density at radius 3 is 2.00 bits per heavy atom. The second kappa shape index (κ2) is 11.1. The van der Waals surface area contributed by atoms with Gasteiger partial charge in [0, 0.05) is 19.6 Å². The highest BCUT2D eigenvalue weighted by molar-refractivity contribution is 6.06. The predicted molar refractivity (Wildman–Crippen MR) is 137 cm³/mol. The minimum absolute atomic E-state index is 0.00328. The van der Waals surface area contributed by atoms with Crippen LogP contribution >= 0.6 is 0 Å². The van der Waals surface area contributed by atoms with E-state index in [0.717, 1.165) is 0 Å². The summed E-state index contributed by atoms with van der Waals surface area (Å²) in [6.45, 7) is 11.9. The molecule has 1 saturated heterocycles. The van der Waals surface area contributed by atoms with Crippen molar-refractivity contribution in [2.75, 3.05) is 44.5 Å². The van der Waals surface area contributed by atoms with Gasteiger partial charge in [0.15, 0.2) is 11.5 Å². The molecular formula is C25H40N4O7. The van der Waals surface area contributed by atoms with Crippen molar-refractivity contribution >= 4 is 29.5 Å². The van der Waals surface area contributed by atoms with Gasteiger partial charge in [-0.15, -0.1) is 0 Å². The van der Waals surface area contributed by atoms with Crippen molar-refractivity contribution in [1.29, 1.82) is 0 Å². The number of nitrogen functional groups attached to an aromatic ring is 1. The molecular weight excluding hydrogens is 468 g/mol. The van der Waals surface area contributed by atoms with Crippen molar-refractivity contribution in [3.05, 3.63) is 11.6 Å². The van der Waals surface area contributed by atoms with Crippen LogP contribution in [0.4, 0.5) is 21.0 Å². The molecule has 1 heterocycles. The molecule has 36 heavy (non-hydrogen) atoms. The number of carbonyl (C=O) groups is 3. The third kappa shape index (κ3) is 7.32. The van der Waals surface area contributed by atoms with Gasteiger partial charge in [-0.1, -0.05) is 0 Å². The Morgan fingerprint density at radius 2 is 1.56 bits per heavy atom. The maximum Gasteiger partial charge on any atom is 0.415 e. The lowest BCUT2D eigenvalue weighted by atomic mass is 9.96. The predicted octanol–water partition coefficient (Wildman–Crippen LogP) is 3.77. The van der Waals surface area contributed by atoms with Gasteiger partial charge in [0.1, 0.15) is 16.9 Å². The number of anilines is 2. The van der Waals surface area contributed by atoms with Gasteiger partial charge in [-0.25, -0.2) is 9.59 Å². The first-order valence-corrected chi connectivity index (χ1v) is 11.9. The minimum Gasteiger partial charge on any atom is -0.493 e. The van der Waals surface area contributed by atoms with E-state index in [1.54, 1.807) is 25.7 Å². The normalized spacial score (nSPS) is 14.7. The topological polar surface area (TPSA) is 147 Å². The summed E-state index contributed by atoms with van der Waals surface area (Å²) in [6, 6.07) is 1.38. The number of nitrogens with zero attached hydrogens (tertiary/aromatic N) is 2. The molecule has 202 valence electrons. The van der Waals surface area contributed by atoms with Gasteiger partial charge in [-0.05, 0) is 66.4 Å². The average molecular weight is 509 g/mol. The number of hydrogen-bond donors (Lipinski definition) is 2. The first-order chi connectivity index (χ1) is 16.6. The lowest BCUT2D eigenvalue weighted by Crippen LogP contribution is -2.45. The summed E-state index contributed by atoms with van der Waals surface area (Å²) in [7, 11) is 2.82. The van der Waals surface area contributed by atoms with Crippen molar-refractivity contribution in [2.45, 2.75) is 65.6 Å². The highest BCUT2D eigenvalue weighted by Gasteiger charge is 2.35. The number of likely N-dealkylation sites (tertiary alicyclic amines) is 1. The standard InChI is InChI=1S/C25H40N4O7/c1-24(2,3)35-22(31)28-11-9-15(10-12-28)14-29(23(32)36-25(4,5)6)19-18(26)16(21(27)30)13-17(33-7)20(19)34-8/h13,15H,9-12,14,26H2,1-8H3,(H2,27,30). The van der Waals surface area contributed by atoms with E-state index in [1.807, 2.05) is 20.8 Å². The molecule has 0 aliphatic carbocycles. The number of amides is 3. The zero-order valence-corrected chi connectivity index (χ0v) is 22.6. The molecule has 1 aromatic rings. The number of piperidine rings is 1. The van der Waals surface area contributed by atoms with E-state index < -0.39 is 23.2 Å². The van der Waals surface area contributed by atoms with Crippen LogP contribution in [0.5, 0.6) is 11.5 Å². The maximum absolute atomic E-state index is 13.4. The summed E-state index contributed by atoms with van der Waals surface area (Å²) < 4.78 is 22.1. The summed E-state index contributed by atoms with van der Waals surface area (Å²) in [4.78, 5) is 41.0. The highest BCUT2D eigenvalue weighted by Crippen LogP contribution is 2.45. The van der Waals surface area contributed by atoms with Crippen molar-refractivity contribution in [1.82, 2.24) is 4.90 Å². The van der Waals surface area contributed by atoms with Crippen LogP contribution in [0.3, 0.4) is 0 Å². The van der Waals surface area contributed by atoms with Crippen molar-refractivity contribution in [3.63, 3.8) is 0 Å². The molecule has 11 nitrogen and oxygen atoms in total. The number of nitrogens with two attached hydrogens (primary N) is 2. The van der Waals surface area contributed by atoms with Crippen LogP contribution in [0, 0.1) is 5.92 Å². The fourth-order valence-corrected chi connectivity index (χ4v) is 3.92. The third-order valence-electron chi connectivity index (χ3n) is 5.54. The van der Waals surface area contributed by atoms with Gasteiger partial charge in [0.05, 0.1) is 25.5 Å². The van der Waals surface area contributed by atoms with Crippen LogP contribution in [0.2, 0.25) is 0 Å². The van der Waals surface area contributed by atoms with Gasteiger partial charge in [-0.2, -0.15) is 0 Å². The zero-order chi connectivity index (χ0) is 27.4. The van der Waals surface area contributed by atoms with Gasteiger partial charge >= 0.3 is 12.2 Å². The van der Waals surface area contributed by atoms with Crippen LogP contribution < -0.4 is 25.8 Å². The number of primary amides is 1. The van der Waals surface area contributed by atoms with E-state index in [4.69, 9.17) is 30.4 Å². The summed E-state index contributed by atoms with van der Waals surface area (Å²) in [5.74, 6) is -0.395. The molecule has 0 aromatic heterocycles. The number of ether oxygens (including phenoxy) is 4. The summed E-state index contributed by atoms with van der Waals surface area (Å²) in [6.07, 6.45) is 0.210. The molecule has 1 aliphatic rings. The average Bonchev–Trinajstić information content (AvgIpc) is 2.75. The Hall–Kier alpha value is -3.37. The van der Waals surface area contributed by atoms with E-state index in [9.17, 15) is 14.4 Å². The van der Waals surface area contributed by atoms with E-state index in [2.05, 4.69) is 0 Å². The number of rotatable bonds is 6. The Bertz CT molecular complexity index is 974. The van der Waals surface area contributed by atoms with Crippen LogP contribution in [0.25, 0.3) is 0 Å². The molecule has 0 spiro atoms. The highest BCUT2D eigenvalue weighted by atomic mass is 16.6. The van der Waals surface area contributed by atoms with Gasteiger partial charge in [-0.3, -0.25) is 9.69 Å². The smallest absolute Gasteiger partial charge is 0.415 e. The van der Waals surface area contributed by atoms with Crippen molar-refractivity contribution in [3.8, 4) is 11.5 Å². The molecule has 2 rings (SSSR count). The Morgan fingerprint density at radius 1 is 1.00 bits per heavy atom. The second-order valence-electron chi connectivity index (χ2n) is 10.8. The molecule has 1 aromatic carbocycles. The summed E-state index contributed by atoms with van der Waals surface area (Å²) in [5, 5.41) is 0. The molecule has 0 radical (unpaired) electrons. The second-order valence-corrected chi connectivity index (χ2v) is 10.8. The lowest BCUT2D eigenvalue weighted by molar-refractivity contribution is 0.0182. The van der Waals surface area contributed by atoms with Gasteiger partial charge in [0.25, 0.3) is 5.91 Å². The fraction of sp³-hybridized carbons (Fsp3) is 0.640. The molecule has 0 bridgehead atoms. The zero-order valence-electron chi connectivity index (χ0n) is 22.6. The minimum atomic E-state index is -0.789. The molecule has 11 heteroatoms. The van der Waals surface area contributed by atoms with E-state index in [0.29, 0.717) is 25.9 Å². The molecule has 1 fully saturated rings. The van der Waals surface area contributed by atoms with Crippen LogP contribution in [0.1, 0.15) is 64.7 Å². The van der Waals surface area contributed by atoms with Crippen LogP contribution in [-0.2, 0) is 9.47 Å². The number of methoxy groups -OCH3 is 2. The maximum atomic E-state index is 13.4. The Kier molecular flexibility index (Phi) is 8.93. The fourth-order valence-electron chi connectivity index (χ4n) is 3.92. The SMILES string of the molecule is COc1cc(C(N)=O)c(N)c(N(CC2CCN(C(=O)OC(C)(C)C)CC2)C(=O)OC(C)(C)C)c1OC. The number of hydrogen-bond acceptors (Lipinski definition) is 8. The number of carbonyl (C=O) groups excluding carboxylic acids is 3. The summed E-state index contributed by atoms with van der Waals surface area (Å²) >= 11 is 0. The van der Waals surface area contributed by atoms with Gasteiger partial charge in [0.2, 0.25) is 0 Å². The van der Waals surface area contributed by atoms with E-state index >= 15 is 0 Å². The van der Waals surface area contributed by atoms with E-state index in [1.165, 1.54) is 25.2 Å². The Balaban J connectivity index is 2.42. The first-order valence-electron chi connectivity index (χ1n) is 11.9. The van der Waals surface area contributed by atoms with Crippen molar-refractivity contribution in [2.24, 2.45) is 11.7 Å². The summed E-state index contributed by atoms with van der Waals surface area (Å²) in [5.41, 5.74) is 10.7. The first kappa shape index (κ1) is 28.9. The largest absolute Gasteiger partial charge is 0.493 e. The third-order valence-corrected chi connectivity index (χ3v) is 5.54. The molecule has 0 saturated carbocycles.